The number of carbonyl (C=O) groups is 1. The van der Waals surface area contributed by atoms with E-state index in [1.54, 1.807) is 24.5 Å². The summed E-state index contributed by atoms with van der Waals surface area (Å²) in [5.41, 5.74) is 2.58. The fourth-order valence-electron chi connectivity index (χ4n) is 3.37. The molecule has 4 rings (SSSR count). The van der Waals surface area contributed by atoms with Crippen molar-refractivity contribution in [3.05, 3.63) is 77.7 Å². The van der Waals surface area contributed by atoms with Gasteiger partial charge in [0.05, 0.1) is 20.0 Å². The van der Waals surface area contributed by atoms with Gasteiger partial charge in [-0.15, -0.1) is 0 Å². The zero-order valence-corrected chi connectivity index (χ0v) is 17.4. The number of rotatable bonds is 9. The van der Waals surface area contributed by atoms with Crippen molar-refractivity contribution in [1.82, 2.24) is 4.90 Å². The van der Waals surface area contributed by atoms with Gasteiger partial charge in [0.25, 0.3) is 0 Å². The van der Waals surface area contributed by atoms with Crippen molar-refractivity contribution in [1.29, 1.82) is 0 Å². The molecule has 1 aromatic heterocycles. The molecule has 0 saturated heterocycles. The third-order valence-corrected chi connectivity index (χ3v) is 5.12. The Morgan fingerprint density at radius 2 is 2.00 bits per heavy atom. The van der Waals surface area contributed by atoms with Crippen molar-refractivity contribution in [3.8, 4) is 11.5 Å². The molecule has 3 aromatic rings. The third-order valence-electron chi connectivity index (χ3n) is 5.12. The van der Waals surface area contributed by atoms with Crippen LogP contribution in [0.5, 0.6) is 11.5 Å². The predicted octanol–water partition coefficient (Wildman–Crippen LogP) is 4.91. The molecule has 2 aromatic carbocycles. The summed E-state index contributed by atoms with van der Waals surface area (Å²) < 4.78 is 16.1. The minimum absolute atomic E-state index is 0.0831. The van der Waals surface area contributed by atoms with Crippen molar-refractivity contribution < 1.29 is 23.8 Å². The number of hydrogen-bond donors (Lipinski definition) is 2. The number of carbonyl (C=O) groups excluding carboxylic acids is 1. The van der Waals surface area contributed by atoms with E-state index in [1.165, 1.54) is 7.11 Å². The van der Waals surface area contributed by atoms with Crippen molar-refractivity contribution in [2.24, 2.45) is 0 Å². The van der Waals surface area contributed by atoms with Crippen LogP contribution in [0, 0.1) is 0 Å². The molecular weight excluding hydrogens is 396 g/mol. The first-order valence-electron chi connectivity index (χ1n) is 10.2. The van der Waals surface area contributed by atoms with Crippen LogP contribution in [0.2, 0.25) is 0 Å². The highest BCUT2D eigenvalue weighted by molar-refractivity contribution is 5.89. The van der Waals surface area contributed by atoms with E-state index in [4.69, 9.17) is 13.9 Å². The Labute approximate surface area is 181 Å². The predicted molar refractivity (Wildman–Crippen MR) is 116 cm³/mol. The summed E-state index contributed by atoms with van der Waals surface area (Å²) in [5.74, 6) is 1.26. The van der Waals surface area contributed by atoms with Gasteiger partial charge in [0.1, 0.15) is 12.4 Å². The molecule has 0 spiro atoms. The summed E-state index contributed by atoms with van der Waals surface area (Å²) in [7, 11) is 1.51. The van der Waals surface area contributed by atoms with Crippen molar-refractivity contribution in [2.45, 2.75) is 38.6 Å². The summed E-state index contributed by atoms with van der Waals surface area (Å²) in [6.07, 6.45) is 3.60. The zero-order chi connectivity index (χ0) is 21.6. The molecule has 0 bridgehead atoms. The normalized spacial score (nSPS) is 13.1. The largest absolute Gasteiger partial charge is 0.504 e. The first-order valence-corrected chi connectivity index (χ1v) is 10.2. The molecule has 0 atom stereocenters. The number of aromatic hydroxyl groups is 1. The fourth-order valence-corrected chi connectivity index (χ4v) is 3.37. The van der Waals surface area contributed by atoms with Gasteiger partial charge in [0, 0.05) is 18.3 Å². The lowest BCUT2D eigenvalue weighted by Gasteiger charge is -2.23. The second-order valence-electron chi connectivity index (χ2n) is 7.57. The van der Waals surface area contributed by atoms with E-state index in [9.17, 15) is 9.90 Å². The zero-order valence-electron chi connectivity index (χ0n) is 17.4. The number of methoxy groups -OCH3 is 1. The lowest BCUT2D eigenvalue weighted by Crippen LogP contribution is -2.36. The summed E-state index contributed by atoms with van der Waals surface area (Å²) in [6, 6.07) is 16.5. The van der Waals surface area contributed by atoms with Gasteiger partial charge in [0.2, 0.25) is 0 Å². The first kappa shape index (κ1) is 20.8. The summed E-state index contributed by atoms with van der Waals surface area (Å²) >= 11 is 0. The highest BCUT2D eigenvalue weighted by atomic mass is 16.5. The molecule has 1 aliphatic rings. The average molecular weight is 422 g/mol. The monoisotopic (exact) mass is 422 g/mol. The van der Waals surface area contributed by atoms with Crippen molar-refractivity contribution >= 4 is 11.7 Å². The minimum Gasteiger partial charge on any atom is -0.504 e. The van der Waals surface area contributed by atoms with E-state index in [1.807, 2.05) is 41.3 Å². The van der Waals surface area contributed by atoms with Crippen LogP contribution in [0.4, 0.5) is 10.5 Å². The van der Waals surface area contributed by atoms with Crippen LogP contribution in [0.15, 0.2) is 65.3 Å². The topological polar surface area (TPSA) is 84.2 Å². The molecule has 2 amide bonds. The highest BCUT2D eigenvalue weighted by Crippen LogP contribution is 2.31. The van der Waals surface area contributed by atoms with Crippen LogP contribution >= 0.6 is 0 Å². The van der Waals surface area contributed by atoms with E-state index in [-0.39, 0.29) is 17.8 Å². The third kappa shape index (κ3) is 5.58. The Kier molecular flexibility index (Phi) is 6.43. The van der Waals surface area contributed by atoms with E-state index in [0.29, 0.717) is 25.5 Å². The van der Waals surface area contributed by atoms with Crippen molar-refractivity contribution in [2.75, 3.05) is 12.4 Å². The summed E-state index contributed by atoms with van der Waals surface area (Å²) in [6.45, 7) is 1.26. The van der Waals surface area contributed by atoms with Gasteiger partial charge in [-0.2, -0.15) is 0 Å². The van der Waals surface area contributed by atoms with Gasteiger partial charge >= 0.3 is 6.03 Å². The van der Waals surface area contributed by atoms with Gasteiger partial charge in [-0.3, -0.25) is 0 Å². The van der Waals surface area contributed by atoms with Crippen LogP contribution in [0.3, 0.4) is 0 Å². The Bertz CT molecular complexity index is 1010. The first-order chi connectivity index (χ1) is 15.1. The highest BCUT2D eigenvalue weighted by Gasteiger charge is 2.32. The number of hydrogen-bond acceptors (Lipinski definition) is 5. The molecule has 0 aliphatic heterocycles. The molecule has 31 heavy (non-hydrogen) atoms. The van der Waals surface area contributed by atoms with E-state index >= 15 is 0 Å². The number of amides is 2. The molecule has 1 aliphatic carbocycles. The molecule has 7 nitrogen and oxygen atoms in total. The summed E-state index contributed by atoms with van der Waals surface area (Å²) in [4.78, 5) is 14.8. The van der Waals surface area contributed by atoms with Crippen molar-refractivity contribution in [3.63, 3.8) is 0 Å². The SMILES string of the molecule is COc1cc(CN(C(=O)Nc2cccc(COCc3ccco3)c2)C2CC2)ccc1O. The molecule has 1 saturated carbocycles. The second kappa shape index (κ2) is 9.57. The lowest BCUT2D eigenvalue weighted by molar-refractivity contribution is 0.0930. The Hall–Kier alpha value is -3.45. The van der Waals surface area contributed by atoms with Crippen LogP contribution in [-0.4, -0.2) is 29.2 Å². The van der Waals surface area contributed by atoms with Crippen LogP contribution in [0.1, 0.15) is 29.7 Å². The standard InChI is InChI=1S/C24H26N2O5/c1-29-23-13-17(7-10-22(23)27)14-26(20-8-9-20)24(28)25-19-5-2-4-18(12-19)15-30-16-21-6-3-11-31-21/h2-7,10-13,20,27H,8-9,14-16H2,1H3,(H,25,28). The number of nitrogens with one attached hydrogen (secondary N) is 1. The molecule has 0 radical (unpaired) electrons. The maximum Gasteiger partial charge on any atom is 0.322 e. The maximum atomic E-state index is 13.0. The Balaban J connectivity index is 1.37. The van der Waals surface area contributed by atoms with Gasteiger partial charge in [-0.05, 0) is 60.4 Å². The number of ether oxygens (including phenoxy) is 2. The quantitative estimate of drug-likeness (QED) is 0.512. The van der Waals surface area contributed by atoms with Crippen LogP contribution in [0.25, 0.3) is 0 Å². The van der Waals surface area contributed by atoms with Gasteiger partial charge in [-0.25, -0.2) is 4.79 Å². The number of phenols is 1. The number of urea groups is 1. The number of furan rings is 1. The Morgan fingerprint density at radius 3 is 2.74 bits per heavy atom. The molecule has 2 N–H and O–H groups in total. The van der Waals surface area contributed by atoms with Gasteiger partial charge in [0.15, 0.2) is 11.5 Å². The molecular formula is C24H26N2O5. The van der Waals surface area contributed by atoms with Crippen LogP contribution < -0.4 is 10.1 Å². The van der Waals surface area contributed by atoms with E-state index < -0.39 is 0 Å². The summed E-state index contributed by atoms with van der Waals surface area (Å²) in [5, 5.41) is 12.8. The number of phenolic OH excluding ortho intramolecular Hbond substituents is 1. The number of benzene rings is 2. The average Bonchev–Trinajstić information content (AvgIpc) is 3.48. The number of anilines is 1. The smallest absolute Gasteiger partial charge is 0.322 e. The second-order valence-corrected chi connectivity index (χ2v) is 7.57. The number of nitrogens with zero attached hydrogens (tertiary/aromatic N) is 1. The Morgan fingerprint density at radius 1 is 1.13 bits per heavy atom. The molecule has 1 fully saturated rings. The molecule has 1 heterocycles. The van der Waals surface area contributed by atoms with Gasteiger partial charge < -0.3 is 29.2 Å². The molecule has 7 heteroatoms. The fraction of sp³-hybridized carbons (Fsp3) is 0.292. The van der Waals surface area contributed by atoms with E-state index in [0.717, 1.165) is 35.4 Å². The maximum absolute atomic E-state index is 13.0. The molecule has 0 unspecified atom stereocenters. The molecule has 162 valence electrons. The lowest BCUT2D eigenvalue weighted by atomic mass is 10.2. The van der Waals surface area contributed by atoms with Crippen LogP contribution in [-0.2, 0) is 24.5 Å². The minimum atomic E-state index is -0.150. The van der Waals surface area contributed by atoms with Gasteiger partial charge in [-0.1, -0.05) is 18.2 Å². The van der Waals surface area contributed by atoms with E-state index in [2.05, 4.69) is 5.32 Å².